The molecule has 5 nitrogen and oxygen atoms in total. The van der Waals surface area contributed by atoms with Crippen LogP contribution >= 0.6 is 0 Å². The number of ether oxygens (including phenoxy) is 1. The molecule has 0 aliphatic carbocycles. The molecule has 0 fully saturated rings. The number of rotatable bonds is 6. The number of nitrogens with one attached hydrogen (secondary N) is 2. The lowest BCUT2D eigenvalue weighted by atomic mass is 9.95. The number of hydrogen-bond acceptors (Lipinski definition) is 5. The number of benzene rings is 3. The molecule has 0 unspecified atom stereocenters. The molecular weight excluding hydrogens is 432 g/mol. The van der Waals surface area contributed by atoms with Crippen LogP contribution in [0.5, 0.6) is 5.75 Å². The summed E-state index contributed by atoms with van der Waals surface area (Å²) < 4.78 is 6.34. The summed E-state index contributed by atoms with van der Waals surface area (Å²) in [4.78, 5) is 2.44. The lowest BCUT2D eigenvalue weighted by molar-refractivity contribution is 0.0682. The van der Waals surface area contributed by atoms with Gasteiger partial charge < -0.3 is 15.4 Å². The van der Waals surface area contributed by atoms with Gasteiger partial charge in [-0.2, -0.15) is 5.26 Å². The zero-order chi connectivity index (χ0) is 25.2. The summed E-state index contributed by atoms with van der Waals surface area (Å²) >= 11 is 0. The third kappa shape index (κ3) is 5.44. The number of aryl methyl sites for hydroxylation is 1. The van der Waals surface area contributed by atoms with E-state index in [1.807, 2.05) is 32.3 Å². The number of hydrogen-bond donors (Lipinski definition) is 2. The third-order valence-corrected chi connectivity index (χ3v) is 6.87. The van der Waals surface area contributed by atoms with Gasteiger partial charge in [-0.1, -0.05) is 24.3 Å². The quantitative estimate of drug-likeness (QED) is 0.463. The van der Waals surface area contributed by atoms with Gasteiger partial charge in [0.15, 0.2) is 0 Å². The fourth-order valence-electron chi connectivity index (χ4n) is 5.09. The number of fused-ring (bicyclic) bond motifs is 1. The molecule has 0 amide bonds. The highest BCUT2D eigenvalue weighted by Crippen LogP contribution is 2.32. The maximum Gasteiger partial charge on any atom is 0.124 e. The minimum Gasteiger partial charge on any atom is -0.486 e. The number of anilines is 2. The van der Waals surface area contributed by atoms with E-state index in [0.717, 1.165) is 48.7 Å². The minimum atomic E-state index is -0.319. The van der Waals surface area contributed by atoms with Gasteiger partial charge >= 0.3 is 0 Å². The van der Waals surface area contributed by atoms with Gasteiger partial charge in [0.1, 0.15) is 11.4 Å². The molecule has 0 radical (unpaired) electrons. The van der Waals surface area contributed by atoms with Crippen LogP contribution in [0.2, 0.25) is 0 Å². The summed E-state index contributed by atoms with van der Waals surface area (Å²) in [5.41, 5.74) is 10.2. The molecule has 182 valence electrons. The predicted octanol–water partition coefficient (Wildman–Crippen LogP) is 6.02. The first-order valence-electron chi connectivity index (χ1n) is 12.2. The lowest BCUT2D eigenvalue weighted by Crippen LogP contribution is -2.40. The van der Waals surface area contributed by atoms with Crippen molar-refractivity contribution in [2.75, 3.05) is 31.3 Å². The van der Waals surface area contributed by atoms with E-state index in [4.69, 9.17) is 4.74 Å². The highest BCUT2D eigenvalue weighted by Gasteiger charge is 2.29. The first kappa shape index (κ1) is 24.6. The van der Waals surface area contributed by atoms with Crippen LogP contribution < -0.4 is 15.4 Å². The van der Waals surface area contributed by atoms with Crippen LogP contribution in [0.15, 0.2) is 48.5 Å². The molecule has 0 spiro atoms. The molecule has 1 aliphatic rings. The molecule has 0 saturated heterocycles. The molecule has 1 heterocycles. The third-order valence-electron chi connectivity index (χ3n) is 6.87. The molecule has 0 aromatic heterocycles. The lowest BCUT2D eigenvalue weighted by Gasteiger charge is -2.30. The maximum atomic E-state index is 9.37. The fourth-order valence-corrected chi connectivity index (χ4v) is 5.09. The van der Waals surface area contributed by atoms with Crippen LogP contribution in [0.3, 0.4) is 0 Å². The maximum absolute atomic E-state index is 9.37. The molecule has 5 heteroatoms. The van der Waals surface area contributed by atoms with Gasteiger partial charge in [-0.05, 0) is 86.2 Å². The zero-order valence-electron chi connectivity index (χ0n) is 21.7. The van der Waals surface area contributed by atoms with Gasteiger partial charge in [0.25, 0.3) is 0 Å². The molecular formula is C30H36N4O. The second kappa shape index (κ2) is 10.0. The van der Waals surface area contributed by atoms with Crippen molar-refractivity contribution < 1.29 is 4.74 Å². The fraction of sp³-hybridized carbons (Fsp3) is 0.367. The van der Waals surface area contributed by atoms with E-state index in [2.05, 4.69) is 79.6 Å². The largest absolute Gasteiger partial charge is 0.486 e. The van der Waals surface area contributed by atoms with E-state index in [1.54, 1.807) is 0 Å². The molecule has 0 bridgehead atoms. The van der Waals surface area contributed by atoms with Crippen molar-refractivity contribution in [3.8, 4) is 11.8 Å². The van der Waals surface area contributed by atoms with E-state index in [9.17, 15) is 5.26 Å². The van der Waals surface area contributed by atoms with Crippen molar-refractivity contribution in [2.45, 2.75) is 52.8 Å². The van der Waals surface area contributed by atoms with E-state index >= 15 is 0 Å². The summed E-state index contributed by atoms with van der Waals surface area (Å²) in [6, 6.07) is 19.2. The second-order valence-corrected chi connectivity index (χ2v) is 10.2. The van der Waals surface area contributed by atoms with Gasteiger partial charge in [-0.15, -0.1) is 0 Å². The Morgan fingerprint density at radius 1 is 1.00 bits per heavy atom. The van der Waals surface area contributed by atoms with Crippen molar-refractivity contribution in [3.63, 3.8) is 0 Å². The molecule has 0 saturated carbocycles. The molecule has 35 heavy (non-hydrogen) atoms. The average molecular weight is 469 g/mol. The Morgan fingerprint density at radius 3 is 2.51 bits per heavy atom. The van der Waals surface area contributed by atoms with Crippen LogP contribution in [0, 0.1) is 25.2 Å². The summed E-state index contributed by atoms with van der Waals surface area (Å²) in [6.07, 6.45) is 0.890. The van der Waals surface area contributed by atoms with E-state index < -0.39 is 0 Å². The van der Waals surface area contributed by atoms with E-state index in [-0.39, 0.29) is 5.60 Å². The van der Waals surface area contributed by atoms with Crippen LogP contribution in [-0.2, 0) is 19.5 Å². The van der Waals surface area contributed by atoms with Crippen LogP contribution in [0.25, 0.3) is 0 Å². The normalized spacial score (nSPS) is 14.9. The molecule has 3 aromatic rings. The van der Waals surface area contributed by atoms with Crippen molar-refractivity contribution >= 4 is 11.4 Å². The van der Waals surface area contributed by atoms with Gasteiger partial charge in [-0.3, -0.25) is 4.90 Å². The molecule has 0 atom stereocenters. The molecule has 4 rings (SSSR count). The summed E-state index contributed by atoms with van der Waals surface area (Å²) in [5.74, 6) is 0.878. The van der Waals surface area contributed by atoms with Crippen LogP contribution in [0.4, 0.5) is 11.4 Å². The highest BCUT2D eigenvalue weighted by molar-refractivity contribution is 5.73. The van der Waals surface area contributed by atoms with E-state index in [1.165, 1.54) is 27.8 Å². The Kier molecular flexibility index (Phi) is 7.05. The van der Waals surface area contributed by atoms with Crippen molar-refractivity contribution in [1.29, 1.82) is 5.26 Å². The standard InChI is InChI=1S/C30H36N4O/c1-20-7-8-22(13-24-10-11-27(32-5)29(33-6)21(24)2)14-25(20)17-34-18-26-15-23(16-31)9-12-28(26)35-30(3,4)19-34/h7-12,14-15,32-33H,13,17-19H2,1-6H3. The van der Waals surface area contributed by atoms with Gasteiger partial charge in [0.2, 0.25) is 0 Å². The van der Waals surface area contributed by atoms with Crippen LogP contribution in [0.1, 0.15) is 52.8 Å². The van der Waals surface area contributed by atoms with Gasteiger partial charge in [-0.25, -0.2) is 0 Å². The number of nitriles is 1. The smallest absolute Gasteiger partial charge is 0.124 e. The van der Waals surface area contributed by atoms with Crippen molar-refractivity contribution in [1.82, 2.24) is 4.90 Å². The Hall–Kier alpha value is -3.49. The Labute approximate surface area is 209 Å². The van der Waals surface area contributed by atoms with E-state index in [0.29, 0.717) is 5.56 Å². The van der Waals surface area contributed by atoms with Crippen molar-refractivity contribution in [2.24, 2.45) is 0 Å². The summed E-state index contributed by atoms with van der Waals surface area (Å²) in [6.45, 7) is 11.0. The Bertz CT molecular complexity index is 1270. The molecule has 3 aromatic carbocycles. The molecule has 1 aliphatic heterocycles. The summed E-state index contributed by atoms with van der Waals surface area (Å²) in [7, 11) is 3.93. The highest BCUT2D eigenvalue weighted by atomic mass is 16.5. The summed E-state index contributed by atoms with van der Waals surface area (Å²) in [5, 5.41) is 16.0. The van der Waals surface area contributed by atoms with Gasteiger partial charge in [0.05, 0.1) is 23.0 Å². The van der Waals surface area contributed by atoms with Gasteiger partial charge in [0, 0.05) is 39.3 Å². The first-order chi connectivity index (χ1) is 16.7. The second-order valence-electron chi connectivity index (χ2n) is 10.2. The number of nitrogens with zero attached hydrogens (tertiary/aromatic N) is 2. The predicted molar refractivity (Wildman–Crippen MR) is 144 cm³/mol. The molecule has 2 N–H and O–H groups in total. The average Bonchev–Trinajstić information content (AvgIpc) is 2.95. The monoisotopic (exact) mass is 468 g/mol. The van der Waals surface area contributed by atoms with Crippen molar-refractivity contribution in [3.05, 3.63) is 87.5 Å². The Balaban J connectivity index is 1.60. The zero-order valence-corrected chi connectivity index (χ0v) is 21.7. The first-order valence-corrected chi connectivity index (χ1v) is 12.2. The SMILES string of the molecule is CNc1ccc(Cc2ccc(C)c(CN3Cc4cc(C#N)ccc4OC(C)(C)C3)c2)c(C)c1NC. The topological polar surface area (TPSA) is 60.3 Å². The Morgan fingerprint density at radius 2 is 1.80 bits per heavy atom. The minimum absolute atomic E-state index is 0.319. The van der Waals surface area contributed by atoms with Crippen LogP contribution in [-0.4, -0.2) is 31.1 Å².